The molecule has 0 bridgehead atoms. The molecular weight excluding hydrogens is 287 g/mol. The lowest BCUT2D eigenvalue weighted by molar-refractivity contribution is 0.919. The van der Waals surface area contributed by atoms with Crippen molar-refractivity contribution in [2.75, 3.05) is 0 Å². The van der Waals surface area contributed by atoms with E-state index in [0.29, 0.717) is 6.42 Å². The standard InChI is InChI=1S/C15H13Cl3/c1-10-5-6-13(14(17)7-10)15(18)9-11-3-2-4-12(16)8-11/h2-8,15H,9H2,1H3. The molecule has 0 saturated heterocycles. The van der Waals surface area contributed by atoms with Crippen molar-refractivity contribution < 1.29 is 0 Å². The van der Waals surface area contributed by atoms with Crippen molar-refractivity contribution >= 4 is 34.8 Å². The topological polar surface area (TPSA) is 0 Å². The van der Waals surface area contributed by atoms with Gasteiger partial charge in [0.25, 0.3) is 0 Å². The van der Waals surface area contributed by atoms with Gasteiger partial charge in [-0.2, -0.15) is 0 Å². The minimum absolute atomic E-state index is 0.142. The number of rotatable bonds is 3. The molecule has 0 N–H and O–H groups in total. The van der Waals surface area contributed by atoms with Crippen LogP contribution in [0.15, 0.2) is 42.5 Å². The Morgan fingerprint density at radius 2 is 1.83 bits per heavy atom. The fourth-order valence-corrected chi connectivity index (χ4v) is 2.87. The second-order valence-corrected chi connectivity index (χ2v) is 5.70. The van der Waals surface area contributed by atoms with Crippen LogP contribution < -0.4 is 0 Å². The number of halogens is 3. The Balaban J connectivity index is 2.19. The number of hydrogen-bond donors (Lipinski definition) is 0. The fourth-order valence-electron chi connectivity index (χ4n) is 1.87. The van der Waals surface area contributed by atoms with Crippen LogP contribution >= 0.6 is 34.8 Å². The van der Waals surface area contributed by atoms with E-state index in [9.17, 15) is 0 Å². The maximum atomic E-state index is 6.42. The highest BCUT2D eigenvalue weighted by Gasteiger charge is 2.12. The molecule has 94 valence electrons. The summed E-state index contributed by atoms with van der Waals surface area (Å²) in [5, 5.41) is 1.31. The van der Waals surface area contributed by atoms with E-state index in [4.69, 9.17) is 34.8 Å². The molecule has 0 aliphatic carbocycles. The van der Waals surface area contributed by atoms with Crippen LogP contribution in [0.25, 0.3) is 0 Å². The molecule has 0 radical (unpaired) electrons. The highest BCUT2D eigenvalue weighted by Crippen LogP contribution is 2.31. The van der Waals surface area contributed by atoms with E-state index in [1.807, 2.05) is 49.4 Å². The third kappa shape index (κ3) is 3.41. The molecule has 2 aromatic carbocycles. The predicted octanol–water partition coefficient (Wildman–Crippen LogP) is 5.82. The van der Waals surface area contributed by atoms with Gasteiger partial charge in [-0.1, -0.05) is 47.5 Å². The Bertz CT molecular complexity index is 549. The quantitative estimate of drug-likeness (QED) is 0.626. The van der Waals surface area contributed by atoms with Crippen LogP contribution in [0.3, 0.4) is 0 Å². The normalized spacial score (nSPS) is 12.4. The van der Waals surface area contributed by atoms with E-state index >= 15 is 0 Å². The van der Waals surface area contributed by atoms with Crippen molar-refractivity contribution in [1.82, 2.24) is 0 Å². The Morgan fingerprint density at radius 1 is 1.06 bits per heavy atom. The summed E-state index contributed by atoms with van der Waals surface area (Å²) in [5.41, 5.74) is 3.21. The van der Waals surface area contributed by atoms with Crippen LogP contribution in [0.1, 0.15) is 22.1 Å². The Labute approximate surface area is 122 Å². The van der Waals surface area contributed by atoms with Crippen molar-refractivity contribution in [3.8, 4) is 0 Å². The average Bonchev–Trinajstić information content (AvgIpc) is 2.28. The van der Waals surface area contributed by atoms with Crippen LogP contribution in [0.5, 0.6) is 0 Å². The van der Waals surface area contributed by atoms with Crippen molar-refractivity contribution in [3.05, 3.63) is 69.2 Å². The molecule has 18 heavy (non-hydrogen) atoms. The Morgan fingerprint density at radius 3 is 2.50 bits per heavy atom. The first-order valence-corrected chi connectivity index (χ1v) is 6.90. The fraction of sp³-hybridized carbons (Fsp3) is 0.200. The summed E-state index contributed by atoms with van der Waals surface area (Å²) >= 11 is 18.6. The van der Waals surface area contributed by atoms with E-state index in [-0.39, 0.29) is 5.38 Å². The first kappa shape index (κ1) is 13.7. The summed E-state index contributed by atoms with van der Waals surface area (Å²) in [6.07, 6.45) is 0.713. The van der Waals surface area contributed by atoms with Gasteiger partial charge in [0.1, 0.15) is 0 Å². The van der Waals surface area contributed by atoms with Gasteiger partial charge >= 0.3 is 0 Å². The van der Waals surface area contributed by atoms with Crippen molar-refractivity contribution in [2.24, 2.45) is 0 Å². The van der Waals surface area contributed by atoms with E-state index in [1.54, 1.807) is 0 Å². The Hall–Kier alpha value is -0.690. The van der Waals surface area contributed by atoms with Gasteiger partial charge in [-0.15, -0.1) is 11.6 Å². The molecule has 0 aliphatic heterocycles. The number of benzene rings is 2. The molecule has 0 spiro atoms. The van der Waals surface area contributed by atoms with E-state index < -0.39 is 0 Å². The van der Waals surface area contributed by atoms with Crippen molar-refractivity contribution in [3.63, 3.8) is 0 Å². The molecule has 1 atom stereocenters. The van der Waals surface area contributed by atoms with E-state index in [0.717, 1.165) is 26.7 Å². The van der Waals surface area contributed by atoms with Crippen LogP contribution in [-0.4, -0.2) is 0 Å². The lowest BCUT2D eigenvalue weighted by Gasteiger charge is -2.12. The largest absolute Gasteiger partial charge is 0.117 e. The zero-order valence-electron chi connectivity index (χ0n) is 9.96. The van der Waals surface area contributed by atoms with E-state index in [2.05, 4.69) is 0 Å². The molecule has 0 saturated carbocycles. The van der Waals surface area contributed by atoms with Crippen LogP contribution in [0.4, 0.5) is 0 Å². The van der Waals surface area contributed by atoms with Gasteiger partial charge in [0.2, 0.25) is 0 Å². The zero-order valence-corrected chi connectivity index (χ0v) is 12.2. The third-order valence-electron chi connectivity index (χ3n) is 2.80. The molecule has 0 nitrogen and oxygen atoms in total. The van der Waals surface area contributed by atoms with Crippen LogP contribution in [-0.2, 0) is 6.42 Å². The number of aryl methyl sites for hydroxylation is 1. The second-order valence-electron chi connectivity index (χ2n) is 4.33. The van der Waals surface area contributed by atoms with Gasteiger partial charge in [0.15, 0.2) is 0 Å². The van der Waals surface area contributed by atoms with Gasteiger partial charge in [-0.25, -0.2) is 0 Å². The highest BCUT2D eigenvalue weighted by atomic mass is 35.5. The first-order chi connectivity index (χ1) is 8.56. The summed E-state index contributed by atoms with van der Waals surface area (Å²) in [4.78, 5) is 0. The minimum atomic E-state index is -0.142. The molecule has 0 fully saturated rings. The third-order valence-corrected chi connectivity index (χ3v) is 3.75. The van der Waals surface area contributed by atoms with E-state index in [1.165, 1.54) is 0 Å². The number of alkyl halides is 1. The minimum Gasteiger partial charge on any atom is -0.117 e. The molecule has 3 heteroatoms. The second kappa shape index (κ2) is 5.97. The summed E-state index contributed by atoms with van der Waals surface area (Å²) in [6, 6.07) is 13.7. The number of hydrogen-bond acceptors (Lipinski definition) is 0. The maximum Gasteiger partial charge on any atom is 0.0640 e. The smallest absolute Gasteiger partial charge is 0.0640 e. The lowest BCUT2D eigenvalue weighted by atomic mass is 10.0. The predicted molar refractivity (Wildman–Crippen MR) is 79.9 cm³/mol. The van der Waals surface area contributed by atoms with Crippen molar-refractivity contribution in [1.29, 1.82) is 0 Å². The summed E-state index contributed by atoms with van der Waals surface area (Å²) in [6.45, 7) is 2.01. The van der Waals surface area contributed by atoms with Crippen LogP contribution in [0.2, 0.25) is 10.0 Å². The van der Waals surface area contributed by atoms with Gasteiger partial charge in [-0.3, -0.25) is 0 Å². The molecule has 0 aliphatic rings. The molecule has 1 unspecified atom stereocenters. The zero-order chi connectivity index (χ0) is 13.1. The van der Waals surface area contributed by atoms with Gasteiger partial charge in [-0.05, 0) is 48.2 Å². The molecular formula is C15H13Cl3. The molecule has 0 amide bonds. The summed E-state index contributed by atoms with van der Waals surface area (Å²) in [5.74, 6) is 0. The van der Waals surface area contributed by atoms with Gasteiger partial charge in [0, 0.05) is 10.0 Å². The average molecular weight is 300 g/mol. The maximum absolute atomic E-state index is 6.42. The van der Waals surface area contributed by atoms with Gasteiger partial charge < -0.3 is 0 Å². The monoisotopic (exact) mass is 298 g/mol. The van der Waals surface area contributed by atoms with Gasteiger partial charge in [0.05, 0.1) is 5.38 Å². The molecule has 0 heterocycles. The highest BCUT2D eigenvalue weighted by molar-refractivity contribution is 6.33. The summed E-state index contributed by atoms with van der Waals surface area (Å²) < 4.78 is 0. The van der Waals surface area contributed by atoms with Crippen LogP contribution in [0, 0.1) is 6.92 Å². The Kier molecular flexibility index (Phi) is 4.55. The summed E-state index contributed by atoms with van der Waals surface area (Å²) in [7, 11) is 0. The SMILES string of the molecule is Cc1ccc(C(Cl)Cc2cccc(Cl)c2)c(Cl)c1. The van der Waals surface area contributed by atoms with Crippen molar-refractivity contribution in [2.45, 2.75) is 18.7 Å². The molecule has 2 rings (SSSR count). The first-order valence-electron chi connectivity index (χ1n) is 5.71. The molecule has 2 aromatic rings. The lowest BCUT2D eigenvalue weighted by Crippen LogP contribution is -1.97. The molecule has 0 aromatic heterocycles.